The van der Waals surface area contributed by atoms with Crippen molar-refractivity contribution in [2.45, 2.75) is 77.0 Å². The fourth-order valence-corrected chi connectivity index (χ4v) is 4.28. The van der Waals surface area contributed by atoms with E-state index in [2.05, 4.69) is 0 Å². The summed E-state index contributed by atoms with van der Waals surface area (Å²) >= 11 is 0. The van der Waals surface area contributed by atoms with E-state index in [1.165, 1.54) is 13.0 Å². The van der Waals surface area contributed by atoms with Gasteiger partial charge >= 0.3 is 0 Å². The minimum Gasteiger partial charge on any atom is -0.394 e. The highest BCUT2D eigenvalue weighted by Gasteiger charge is 2.50. The molecule has 0 aromatic rings. The molecule has 1 heterocycles. The Kier molecular flexibility index (Phi) is 7.18. The predicted molar refractivity (Wildman–Crippen MR) is 95.5 cm³/mol. The number of hydrogen-bond acceptors (Lipinski definition) is 8. The van der Waals surface area contributed by atoms with Gasteiger partial charge in [-0.2, -0.15) is 0 Å². The van der Waals surface area contributed by atoms with Crippen LogP contribution in [0.1, 0.15) is 34.1 Å². The summed E-state index contributed by atoms with van der Waals surface area (Å²) < 4.78 is 11.2. The van der Waals surface area contributed by atoms with Crippen LogP contribution in [-0.4, -0.2) is 80.8 Å². The molecule has 0 amide bonds. The number of ketones is 1. The summed E-state index contributed by atoms with van der Waals surface area (Å²) in [5, 5.41) is 49.9. The highest BCUT2D eigenvalue weighted by molar-refractivity contribution is 5.87. The monoisotopic (exact) mass is 388 g/mol. The van der Waals surface area contributed by atoms with E-state index < -0.39 is 49.5 Å². The van der Waals surface area contributed by atoms with Crippen LogP contribution >= 0.6 is 0 Å². The Morgan fingerprint density at radius 1 is 1.19 bits per heavy atom. The molecule has 1 aliphatic heterocycles. The van der Waals surface area contributed by atoms with Crippen LogP contribution in [-0.2, 0) is 14.3 Å². The highest BCUT2D eigenvalue weighted by atomic mass is 16.7. The molecule has 2 fully saturated rings. The summed E-state index contributed by atoms with van der Waals surface area (Å²) in [6, 6.07) is 0. The normalized spacial score (nSPS) is 45.1. The van der Waals surface area contributed by atoms with Crippen molar-refractivity contribution in [1.29, 1.82) is 0 Å². The molecule has 5 N–H and O–H groups in total. The highest BCUT2D eigenvalue weighted by Crippen LogP contribution is 2.46. The number of aliphatic hydroxyl groups excluding tert-OH is 5. The van der Waals surface area contributed by atoms with Crippen molar-refractivity contribution in [3.05, 3.63) is 12.2 Å². The molecular weight excluding hydrogens is 356 g/mol. The molecule has 156 valence electrons. The Balaban J connectivity index is 2.20. The van der Waals surface area contributed by atoms with E-state index in [1.54, 1.807) is 0 Å². The fraction of sp³-hybridized carbons (Fsp3) is 0.842. The minimum absolute atomic E-state index is 0.0697. The summed E-state index contributed by atoms with van der Waals surface area (Å²) in [4.78, 5) is 11.4. The van der Waals surface area contributed by atoms with Crippen molar-refractivity contribution in [3.63, 3.8) is 0 Å². The van der Waals surface area contributed by atoms with Gasteiger partial charge in [-0.3, -0.25) is 4.79 Å². The number of aliphatic hydroxyl groups is 5. The van der Waals surface area contributed by atoms with Gasteiger partial charge in [0.2, 0.25) is 0 Å². The standard InChI is InChI=1S/C19H32O8/c1-9(21)5-6-11-10(2)17(12(22)7-19(11,3)4)27-18-16(25)15(24)14(23)13(8-20)26-18/h5-6,10-18,20,22-25H,7-8H2,1-4H3. The lowest BCUT2D eigenvalue weighted by Gasteiger charge is -2.50. The van der Waals surface area contributed by atoms with Gasteiger partial charge in [-0.25, -0.2) is 0 Å². The summed E-state index contributed by atoms with van der Waals surface area (Å²) in [5.41, 5.74) is -0.278. The van der Waals surface area contributed by atoms with Crippen LogP contribution < -0.4 is 0 Å². The first kappa shape index (κ1) is 22.4. The van der Waals surface area contributed by atoms with Gasteiger partial charge in [-0.1, -0.05) is 26.8 Å². The van der Waals surface area contributed by atoms with Crippen LogP contribution in [0.25, 0.3) is 0 Å². The smallest absolute Gasteiger partial charge is 0.187 e. The van der Waals surface area contributed by atoms with Gasteiger partial charge in [0.25, 0.3) is 0 Å². The molecule has 0 spiro atoms. The van der Waals surface area contributed by atoms with Crippen molar-refractivity contribution in [1.82, 2.24) is 0 Å². The largest absolute Gasteiger partial charge is 0.394 e. The van der Waals surface area contributed by atoms with Gasteiger partial charge in [0.1, 0.15) is 24.4 Å². The van der Waals surface area contributed by atoms with Crippen LogP contribution in [0.3, 0.4) is 0 Å². The maximum Gasteiger partial charge on any atom is 0.187 e. The third kappa shape index (κ3) is 4.76. The second-order valence-electron chi connectivity index (χ2n) is 8.41. The average molecular weight is 388 g/mol. The molecule has 9 atom stereocenters. The Bertz CT molecular complexity index is 546. The van der Waals surface area contributed by atoms with E-state index in [1.807, 2.05) is 26.8 Å². The molecule has 0 aromatic heterocycles. The van der Waals surface area contributed by atoms with E-state index in [0.29, 0.717) is 6.42 Å². The average Bonchev–Trinajstić information content (AvgIpc) is 2.57. The van der Waals surface area contributed by atoms with Crippen LogP contribution in [0.15, 0.2) is 12.2 Å². The van der Waals surface area contributed by atoms with Gasteiger partial charge in [0.05, 0.1) is 18.8 Å². The van der Waals surface area contributed by atoms with E-state index in [0.717, 1.165) is 0 Å². The first-order chi connectivity index (χ1) is 12.5. The lowest BCUT2D eigenvalue weighted by atomic mass is 9.62. The molecule has 2 aliphatic rings. The number of carbonyl (C=O) groups excluding carboxylic acids is 1. The van der Waals surface area contributed by atoms with Crippen molar-refractivity contribution < 1.29 is 39.8 Å². The number of carbonyl (C=O) groups is 1. The Labute approximate surface area is 159 Å². The molecule has 8 heteroatoms. The van der Waals surface area contributed by atoms with E-state index in [9.17, 15) is 30.3 Å². The van der Waals surface area contributed by atoms with Crippen LogP contribution in [0.2, 0.25) is 0 Å². The van der Waals surface area contributed by atoms with Crippen LogP contribution in [0, 0.1) is 17.3 Å². The summed E-state index contributed by atoms with van der Waals surface area (Å²) in [7, 11) is 0. The van der Waals surface area contributed by atoms with Gasteiger partial charge in [0, 0.05) is 0 Å². The molecule has 1 saturated heterocycles. The first-order valence-corrected chi connectivity index (χ1v) is 9.32. The Hall–Kier alpha value is -0.870. The molecular formula is C19H32O8. The summed E-state index contributed by atoms with van der Waals surface area (Å²) in [6.07, 6.45) is -4.74. The quantitative estimate of drug-likeness (QED) is 0.392. The molecule has 0 bridgehead atoms. The zero-order valence-corrected chi connectivity index (χ0v) is 16.2. The second kappa shape index (κ2) is 8.65. The van der Waals surface area contributed by atoms with E-state index >= 15 is 0 Å². The second-order valence-corrected chi connectivity index (χ2v) is 8.41. The summed E-state index contributed by atoms with van der Waals surface area (Å²) in [5.74, 6) is -0.359. The number of ether oxygens (including phenoxy) is 2. The van der Waals surface area contributed by atoms with Crippen LogP contribution in [0.5, 0.6) is 0 Å². The molecule has 8 nitrogen and oxygen atoms in total. The Morgan fingerprint density at radius 2 is 1.81 bits per heavy atom. The van der Waals surface area contributed by atoms with Crippen molar-refractivity contribution in [2.75, 3.05) is 6.61 Å². The molecule has 2 rings (SSSR count). The molecule has 0 radical (unpaired) electrons. The number of allylic oxidation sites excluding steroid dienone is 2. The zero-order valence-electron chi connectivity index (χ0n) is 16.2. The lowest BCUT2D eigenvalue weighted by molar-refractivity contribution is -0.326. The van der Waals surface area contributed by atoms with E-state index in [-0.39, 0.29) is 23.0 Å². The third-order valence-electron chi connectivity index (χ3n) is 5.78. The van der Waals surface area contributed by atoms with Gasteiger partial charge < -0.3 is 35.0 Å². The number of rotatable bonds is 5. The molecule has 1 saturated carbocycles. The Morgan fingerprint density at radius 3 is 2.37 bits per heavy atom. The van der Waals surface area contributed by atoms with Crippen molar-refractivity contribution in [2.24, 2.45) is 17.3 Å². The topological polar surface area (TPSA) is 137 Å². The van der Waals surface area contributed by atoms with E-state index in [4.69, 9.17) is 9.47 Å². The minimum atomic E-state index is -1.54. The maximum atomic E-state index is 11.4. The maximum absolute atomic E-state index is 11.4. The van der Waals surface area contributed by atoms with Gasteiger partial charge in [-0.05, 0) is 36.7 Å². The van der Waals surface area contributed by atoms with Crippen molar-refractivity contribution in [3.8, 4) is 0 Å². The van der Waals surface area contributed by atoms with Gasteiger partial charge in [0.15, 0.2) is 12.1 Å². The molecule has 1 aliphatic carbocycles. The SMILES string of the molecule is CC(=O)C=CC1C(C)C(OC2OC(CO)C(O)C(O)C2O)C(O)CC1(C)C. The number of hydrogen-bond donors (Lipinski definition) is 5. The first-order valence-electron chi connectivity index (χ1n) is 9.32. The van der Waals surface area contributed by atoms with Gasteiger partial charge in [-0.15, -0.1) is 0 Å². The summed E-state index contributed by atoms with van der Waals surface area (Å²) in [6.45, 7) is 6.81. The molecule has 0 aromatic carbocycles. The fourth-order valence-electron chi connectivity index (χ4n) is 4.28. The third-order valence-corrected chi connectivity index (χ3v) is 5.78. The predicted octanol–water partition coefficient (Wildman–Crippen LogP) is -0.640. The molecule has 27 heavy (non-hydrogen) atoms. The zero-order chi connectivity index (χ0) is 20.5. The molecule has 9 unspecified atom stereocenters. The van der Waals surface area contributed by atoms with Crippen LogP contribution in [0.4, 0.5) is 0 Å². The lowest BCUT2D eigenvalue weighted by Crippen LogP contribution is -2.61. The van der Waals surface area contributed by atoms with Crippen molar-refractivity contribution >= 4 is 5.78 Å².